The molecule has 0 saturated heterocycles. The molecule has 0 saturated carbocycles. The average Bonchev–Trinajstić information content (AvgIpc) is 2.22. The normalized spacial score (nSPS) is 10.3. The molecule has 0 atom stereocenters. The lowest BCUT2D eigenvalue weighted by atomic mass is 10.1. The molecule has 94 valence electrons. The third-order valence-corrected chi connectivity index (χ3v) is 2.43. The summed E-state index contributed by atoms with van der Waals surface area (Å²) in [7, 11) is 0. The summed E-state index contributed by atoms with van der Waals surface area (Å²) in [5, 5.41) is 0. The van der Waals surface area contributed by atoms with Crippen LogP contribution in [0.15, 0.2) is 6.07 Å². The second-order valence-corrected chi connectivity index (χ2v) is 4.11. The minimum Gasteiger partial charge on any atom is -0.475 e. The van der Waals surface area contributed by atoms with E-state index in [1.165, 1.54) is 0 Å². The number of hydrogen-bond donors (Lipinski definition) is 1. The van der Waals surface area contributed by atoms with Gasteiger partial charge in [-0.3, -0.25) is 0 Å². The van der Waals surface area contributed by atoms with Crippen molar-refractivity contribution >= 4 is 17.2 Å². The van der Waals surface area contributed by atoms with Crippen LogP contribution in [-0.2, 0) is 4.74 Å². The molecular formula is C12H18N2O2S. The summed E-state index contributed by atoms with van der Waals surface area (Å²) in [5.74, 6) is 0.495. The molecule has 0 unspecified atom stereocenters. The Labute approximate surface area is 107 Å². The third kappa shape index (κ3) is 3.94. The summed E-state index contributed by atoms with van der Waals surface area (Å²) in [4.78, 5) is 4.61. The molecule has 0 amide bonds. The van der Waals surface area contributed by atoms with E-state index in [0.29, 0.717) is 36.3 Å². The summed E-state index contributed by atoms with van der Waals surface area (Å²) >= 11 is 5.01. The Morgan fingerprint density at radius 3 is 2.71 bits per heavy atom. The largest absolute Gasteiger partial charge is 0.475 e. The van der Waals surface area contributed by atoms with E-state index in [2.05, 4.69) is 4.98 Å². The van der Waals surface area contributed by atoms with E-state index in [4.69, 9.17) is 27.4 Å². The highest BCUT2D eigenvalue weighted by Crippen LogP contribution is 2.20. The van der Waals surface area contributed by atoms with Crippen molar-refractivity contribution in [1.82, 2.24) is 4.98 Å². The fourth-order valence-electron chi connectivity index (χ4n) is 1.55. The molecule has 1 rings (SSSR count). The number of nitrogens with zero attached hydrogens (tertiary/aromatic N) is 1. The summed E-state index contributed by atoms with van der Waals surface area (Å²) in [5.41, 5.74) is 8.25. The molecule has 2 N–H and O–H groups in total. The lowest BCUT2D eigenvalue weighted by molar-refractivity contribution is 0.108. The van der Waals surface area contributed by atoms with E-state index >= 15 is 0 Å². The highest BCUT2D eigenvalue weighted by molar-refractivity contribution is 7.80. The maximum absolute atomic E-state index is 5.68. The van der Waals surface area contributed by atoms with Crippen LogP contribution in [0.2, 0.25) is 0 Å². The van der Waals surface area contributed by atoms with Crippen LogP contribution in [0.25, 0.3) is 0 Å². The fraction of sp³-hybridized carbons (Fsp3) is 0.500. The van der Waals surface area contributed by atoms with Crippen molar-refractivity contribution < 1.29 is 9.47 Å². The van der Waals surface area contributed by atoms with E-state index in [1.54, 1.807) is 0 Å². The van der Waals surface area contributed by atoms with Crippen molar-refractivity contribution in [1.29, 1.82) is 0 Å². The number of nitrogens with two attached hydrogens (primary N) is 1. The molecule has 1 aromatic rings. The van der Waals surface area contributed by atoms with Crippen molar-refractivity contribution in [3.05, 3.63) is 22.9 Å². The molecule has 0 aromatic carbocycles. The zero-order chi connectivity index (χ0) is 12.8. The molecule has 1 heterocycles. The van der Waals surface area contributed by atoms with E-state index in [0.717, 1.165) is 11.3 Å². The van der Waals surface area contributed by atoms with Crippen LogP contribution in [-0.4, -0.2) is 29.8 Å². The predicted molar refractivity (Wildman–Crippen MR) is 71.6 cm³/mol. The fourth-order valence-corrected chi connectivity index (χ4v) is 1.80. The van der Waals surface area contributed by atoms with E-state index in [-0.39, 0.29) is 0 Å². The van der Waals surface area contributed by atoms with Gasteiger partial charge >= 0.3 is 0 Å². The molecule has 4 nitrogen and oxygen atoms in total. The number of ether oxygens (including phenoxy) is 2. The Bertz CT molecular complexity index is 408. The number of thiocarbonyl (C=S) groups is 1. The quantitative estimate of drug-likeness (QED) is 0.619. The Balaban J connectivity index is 2.85. The Morgan fingerprint density at radius 1 is 1.41 bits per heavy atom. The Hall–Kier alpha value is -1.20. The number of rotatable bonds is 6. The van der Waals surface area contributed by atoms with Gasteiger partial charge in [0.15, 0.2) is 0 Å². The lowest BCUT2D eigenvalue weighted by Gasteiger charge is -2.12. The maximum atomic E-state index is 5.68. The van der Waals surface area contributed by atoms with E-state index in [9.17, 15) is 0 Å². The average molecular weight is 254 g/mol. The second-order valence-electron chi connectivity index (χ2n) is 3.67. The minimum absolute atomic E-state index is 0.307. The molecule has 17 heavy (non-hydrogen) atoms. The summed E-state index contributed by atoms with van der Waals surface area (Å²) in [6.07, 6.45) is 0. The number of hydrogen-bond acceptors (Lipinski definition) is 4. The van der Waals surface area contributed by atoms with E-state index < -0.39 is 0 Å². The van der Waals surface area contributed by atoms with Crippen molar-refractivity contribution in [3.63, 3.8) is 0 Å². The van der Waals surface area contributed by atoms with Gasteiger partial charge in [0, 0.05) is 12.3 Å². The van der Waals surface area contributed by atoms with Gasteiger partial charge in [-0.2, -0.15) is 0 Å². The van der Waals surface area contributed by atoms with Crippen LogP contribution in [0.3, 0.4) is 0 Å². The molecule has 0 fully saturated rings. The molecule has 0 radical (unpaired) electrons. The van der Waals surface area contributed by atoms with Crippen LogP contribution in [0.5, 0.6) is 5.88 Å². The standard InChI is InChI=1S/C12H18N2O2S/c1-4-15-5-6-16-12-10(11(13)17)8(2)7-9(3)14-12/h7H,4-6H2,1-3H3,(H2,13,17). The Kier molecular flexibility index (Phi) is 5.31. The summed E-state index contributed by atoms with van der Waals surface area (Å²) < 4.78 is 10.8. The molecule has 0 aliphatic heterocycles. The topological polar surface area (TPSA) is 57.4 Å². The SMILES string of the molecule is CCOCCOc1nc(C)cc(C)c1C(N)=S. The number of aryl methyl sites for hydroxylation is 2. The van der Waals surface area contributed by atoms with Crippen LogP contribution < -0.4 is 10.5 Å². The first-order valence-corrected chi connectivity index (χ1v) is 5.95. The van der Waals surface area contributed by atoms with Gasteiger partial charge in [-0.05, 0) is 32.4 Å². The molecule has 5 heteroatoms. The van der Waals surface area contributed by atoms with Gasteiger partial charge in [0.05, 0.1) is 12.2 Å². The maximum Gasteiger partial charge on any atom is 0.224 e. The first kappa shape index (κ1) is 13.9. The monoisotopic (exact) mass is 254 g/mol. The highest BCUT2D eigenvalue weighted by atomic mass is 32.1. The van der Waals surface area contributed by atoms with E-state index in [1.807, 2.05) is 26.8 Å². The predicted octanol–water partition coefficient (Wildman–Crippen LogP) is 1.75. The van der Waals surface area contributed by atoms with Gasteiger partial charge in [0.2, 0.25) is 5.88 Å². The van der Waals surface area contributed by atoms with Crippen molar-refractivity contribution in [3.8, 4) is 5.88 Å². The number of aromatic nitrogens is 1. The van der Waals surface area contributed by atoms with Gasteiger partial charge in [-0.15, -0.1) is 0 Å². The highest BCUT2D eigenvalue weighted by Gasteiger charge is 2.12. The zero-order valence-corrected chi connectivity index (χ0v) is 11.3. The summed E-state index contributed by atoms with van der Waals surface area (Å²) in [6.45, 7) is 7.44. The first-order valence-electron chi connectivity index (χ1n) is 5.54. The molecule has 0 aliphatic rings. The van der Waals surface area contributed by atoms with Crippen molar-refractivity contribution in [2.45, 2.75) is 20.8 Å². The lowest BCUT2D eigenvalue weighted by Crippen LogP contribution is -2.16. The number of pyridine rings is 1. The zero-order valence-electron chi connectivity index (χ0n) is 10.4. The van der Waals surface area contributed by atoms with Crippen LogP contribution in [0.4, 0.5) is 0 Å². The first-order chi connectivity index (χ1) is 8.06. The molecule has 0 bridgehead atoms. The van der Waals surface area contributed by atoms with Crippen LogP contribution in [0.1, 0.15) is 23.7 Å². The van der Waals surface area contributed by atoms with Crippen molar-refractivity contribution in [2.24, 2.45) is 5.73 Å². The molecule has 0 aliphatic carbocycles. The van der Waals surface area contributed by atoms with Crippen LogP contribution >= 0.6 is 12.2 Å². The molecule has 0 spiro atoms. The van der Waals surface area contributed by atoms with Crippen molar-refractivity contribution in [2.75, 3.05) is 19.8 Å². The smallest absolute Gasteiger partial charge is 0.224 e. The van der Waals surface area contributed by atoms with Gasteiger partial charge in [-0.25, -0.2) is 4.98 Å². The summed E-state index contributed by atoms with van der Waals surface area (Å²) in [6, 6.07) is 1.93. The third-order valence-electron chi connectivity index (χ3n) is 2.23. The van der Waals surface area contributed by atoms with Gasteiger partial charge in [-0.1, -0.05) is 12.2 Å². The Morgan fingerprint density at radius 2 is 2.12 bits per heavy atom. The molecule has 1 aromatic heterocycles. The second kappa shape index (κ2) is 6.51. The van der Waals surface area contributed by atoms with Crippen LogP contribution in [0, 0.1) is 13.8 Å². The van der Waals surface area contributed by atoms with Gasteiger partial charge < -0.3 is 15.2 Å². The molecular weight excluding hydrogens is 236 g/mol. The minimum atomic E-state index is 0.307. The van der Waals surface area contributed by atoms with Gasteiger partial charge in [0.25, 0.3) is 0 Å². The van der Waals surface area contributed by atoms with Gasteiger partial charge in [0.1, 0.15) is 11.6 Å².